The molecule has 0 N–H and O–H groups in total. The third-order valence-electron chi connectivity index (χ3n) is 4.18. The summed E-state index contributed by atoms with van der Waals surface area (Å²) in [6.07, 6.45) is 2.89. The third kappa shape index (κ3) is 4.51. The maximum absolute atomic E-state index is 12.8. The average Bonchev–Trinajstić information content (AvgIpc) is 2.72. The van der Waals surface area contributed by atoms with Gasteiger partial charge in [-0.15, -0.1) is 0 Å². The Kier molecular flexibility index (Phi) is 5.67. The fraction of sp³-hybridized carbons (Fsp3) is 0.200. The number of hydrogen-bond donors (Lipinski definition) is 0. The summed E-state index contributed by atoms with van der Waals surface area (Å²) < 4.78 is 43.2. The second-order valence-electron chi connectivity index (χ2n) is 6.03. The summed E-state index contributed by atoms with van der Waals surface area (Å²) in [5, 5.41) is 0. The molecule has 0 unspecified atom stereocenters. The summed E-state index contributed by atoms with van der Waals surface area (Å²) in [5.74, 6) is -0.566. The molecule has 5 nitrogen and oxygen atoms in total. The highest BCUT2D eigenvalue weighted by Crippen LogP contribution is 2.32. The van der Waals surface area contributed by atoms with Crippen LogP contribution >= 0.6 is 0 Å². The first kappa shape index (κ1) is 19.5. The molecule has 0 aliphatic carbocycles. The van der Waals surface area contributed by atoms with E-state index in [9.17, 15) is 18.0 Å². The van der Waals surface area contributed by atoms with E-state index in [0.29, 0.717) is 29.7 Å². The first-order valence-corrected chi connectivity index (χ1v) is 8.37. The first-order chi connectivity index (χ1) is 13.4. The van der Waals surface area contributed by atoms with Crippen molar-refractivity contribution < 1.29 is 22.7 Å². The van der Waals surface area contributed by atoms with Gasteiger partial charge in [0.15, 0.2) is 0 Å². The molecule has 3 rings (SSSR count). The minimum Gasteiger partial charge on any atom is -0.465 e. The molecule has 0 bridgehead atoms. The van der Waals surface area contributed by atoms with Crippen molar-refractivity contribution in [3.05, 3.63) is 77.6 Å². The van der Waals surface area contributed by atoms with Gasteiger partial charge in [0.25, 0.3) is 0 Å². The predicted octanol–water partition coefficient (Wildman–Crippen LogP) is 4.13. The normalized spacial score (nSPS) is 11.3. The molecule has 0 aliphatic heterocycles. The lowest BCUT2D eigenvalue weighted by atomic mass is 9.97. The standard InChI is InChI=1S/C20H16F3N3O2/c1-28-19(27)15-8-17(14-3-5-16(6-4-14)20(21,22)23)18(26-11-15)7-2-13-9-24-12-25-10-13/h3-6,8-12H,2,7H2,1H3. The topological polar surface area (TPSA) is 65.0 Å². The summed E-state index contributed by atoms with van der Waals surface area (Å²) in [6.45, 7) is 0. The SMILES string of the molecule is COC(=O)c1cnc(CCc2cncnc2)c(-c2ccc(C(F)(F)F)cc2)c1. The van der Waals surface area contributed by atoms with Crippen molar-refractivity contribution >= 4 is 5.97 Å². The van der Waals surface area contributed by atoms with Crippen molar-refractivity contribution in [1.82, 2.24) is 15.0 Å². The van der Waals surface area contributed by atoms with E-state index in [1.54, 1.807) is 18.5 Å². The summed E-state index contributed by atoms with van der Waals surface area (Å²) >= 11 is 0. The number of aromatic nitrogens is 3. The summed E-state index contributed by atoms with van der Waals surface area (Å²) in [7, 11) is 1.25. The van der Waals surface area contributed by atoms with Crippen LogP contribution in [-0.4, -0.2) is 28.0 Å². The van der Waals surface area contributed by atoms with Gasteiger partial charge < -0.3 is 4.74 Å². The van der Waals surface area contributed by atoms with Gasteiger partial charge in [-0.05, 0) is 42.2 Å². The molecular formula is C20H16F3N3O2. The van der Waals surface area contributed by atoms with Gasteiger partial charge in [-0.2, -0.15) is 13.2 Å². The van der Waals surface area contributed by atoms with E-state index >= 15 is 0 Å². The zero-order chi connectivity index (χ0) is 20.1. The number of pyridine rings is 1. The van der Waals surface area contributed by atoms with Crippen molar-refractivity contribution in [3.63, 3.8) is 0 Å². The highest BCUT2D eigenvalue weighted by molar-refractivity contribution is 5.90. The quantitative estimate of drug-likeness (QED) is 0.616. The third-order valence-corrected chi connectivity index (χ3v) is 4.18. The Morgan fingerprint density at radius 3 is 2.32 bits per heavy atom. The molecular weight excluding hydrogens is 371 g/mol. The van der Waals surface area contributed by atoms with Crippen molar-refractivity contribution in [2.75, 3.05) is 7.11 Å². The van der Waals surface area contributed by atoms with Crippen LogP contribution in [0.2, 0.25) is 0 Å². The average molecular weight is 387 g/mol. The minimum absolute atomic E-state index is 0.226. The fourth-order valence-corrected chi connectivity index (χ4v) is 2.73. The van der Waals surface area contributed by atoms with E-state index in [1.165, 1.54) is 31.8 Å². The summed E-state index contributed by atoms with van der Waals surface area (Å²) in [5.41, 5.74) is 2.15. The summed E-state index contributed by atoms with van der Waals surface area (Å²) in [6, 6.07) is 6.34. The molecule has 0 spiro atoms. The molecule has 2 heterocycles. The number of halogens is 3. The molecule has 144 valence electrons. The van der Waals surface area contributed by atoms with Crippen molar-refractivity contribution in [2.24, 2.45) is 0 Å². The largest absolute Gasteiger partial charge is 0.465 e. The van der Waals surface area contributed by atoms with Crippen LogP contribution in [0.5, 0.6) is 0 Å². The van der Waals surface area contributed by atoms with Crippen molar-refractivity contribution in [2.45, 2.75) is 19.0 Å². The summed E-state index contributed by atoms with van der Waals surface area (Å²) in [4.78, 5) is 24.1. The molecule has 0 radical (unpaired) electrons. The number of carbonyl (C=O) groups is 1. The number of carbonyl (C=O) groups excluding carboxylic acids is 1. The van der Waals surface area contributed by atoms with E-state index in [1.807, 2.05) is 0 Å². The Bertz CT molecular complexity index is 959. The maximum atomic E-state index is 12.8. The van der Waals surface area contributed by atoms with Crippen LogP contribution in [0, 0.1) is 0 Å². The lowest BCUT2D eigenvalue weighted by Gasteiger charge is -2.12. The molecule has 2 aromatic heterocycles. The maximum Gasteiger partial charge on any atom is 0.416 e. The zero-order valence-corrected chi connectivity index (χ0v) is 14.9. The Morgan fingerprint density at radius 2 is 1.71 bits per heavy atom. The molecule has 0 atom stereocenters. The number of methoxy groups -OCH3 is 1. The predicted molar refractivity (Wildman–Crippen MR) is 95.5 cm³/mol. The Labute approximate surface area is 159 Å². The van der Waals surface area contributed by atoms with Gasteiger partial charge in [0, 0.05) is 29.8 Å². The van der Waals surface area contributed by atoms with E-state index < -0.39 is 17.7 Å². The number of esters is 1. The van der Waals surface area contributed by atoms with Gasteiger partial charge in [0.05, 0.1) is 18.2 Å². The molecule has 0 amide bonds. The van der Waals surface area contributed by atoms with Crippen molar-refractivity contribution in [1.29, 1.82) is 0 Å². The van der Waals surface area contributed by atoms with Gasteiger partial charge >= 0.3 is 12.1 Å². The van der Waals surface area contributed by atoms with E-state index in [0.717, 1.165) is 17.7 Å². The second kappa shape index (κ2) is 8.16. The number of benzene rings is 1. The fourth-order valence-electron chi connectivity index (χ4n) is 2.73. The molecule has 0 fully saturated rings. The van der Waals surface area contributed by atoms with Gasteiger partial charge in [-0.1, -0.05) is 12.1 Å². The molecule has 1 aromatic carbocycles. The number of alkyl halides is 3. The minimum atomic E-state index is -4.42. The van der Waals surface area contributed by atoms with Crippen LogP contribution in [0.3, 0.4) is 0 Å². The van der Waals surface area contributed by atoms with E-state index in [-0.39, 0.29) is 5.56 Å². The number of hydrogen-bond acceptors (Lipinski definition) is 5. The van der Waals surface area contributed by atoms with Crippen LogP contribution in [0.15, 0.2) is 55.2 Å². The highest BCUT2D eigenvalue weighted by atomic mass is 19.4. The molecule has 8 heteroatoms. The molecule has 0 aliphatic rings. The Balaban J connectivity index is 1.96. The van der Waals surface area contributed by atoms with Gasteiger partial charge in [0.1, 0.15) is 6.33 Å². The van der Waals surface area contributed by atoms with E-state index in [4.69, 9.17) is 4.74 Å². The van der Waals surface area contributed by atoms with Crippen LogP contribution in [0.1, 0.15) is 27.2 Å². The lowest BCUT2D eigenvalue weighted by molar-refractivity contribution is -0.137. The van der Waals surface area contributed by atoms with Crippen LogP contribution in [-0.2, 0) is 23.8 Å². The lowest BCUT2D eigenvalue weighted by Crippen LogP contribution is -2.06. The first-order valence-electron chi connectivity index (χ1n) is 8.37. The highest BCUT2D eigenvalue weighted by Gasteiger charge is 2.30. The molecule has 28 heavy (non-hydrogen) atoms. The van der Waals surface area contributed by atoms with Crippen LogP contribution in [0.25, 0.3) is 11.1 Å². The van der Waals surface area contributed by atoms with E-state index in [2.05, 4.69) is 15.0 Å². The zero-order valence-electron chi connectivity index (χ0n) is 14.9. The van der Waals surface area contributed by atoms with Gasteiger partial charge in [-0.25, -0.2) is 14.8 Å². The van der Waals surface area contributed by atoms with Gasteiger partial charge in [-0.3, -0.25) is 4.98 Å². The Hall–Kier alpha value is -3.29. The smallest absolute Gasteiger partial charge is 0.416 e. The number of ether oxygens (including phenoxy) is 1. The van der Waals surface area contributed by atoms with Crippen LogP contribution in [0.4, 0.5) is 13.2 Å². The number of rotatable bonds is 5. The molecule has 0 saturated heterocycles. The van der Waals surface area contributed by atoms with Gasteiger partial charge in [0.2, 0.25) is 0 Å². The monoisotopic (exact) mass is 387 g/mol. The second-order valence-corrected chi connectivity index (χ2v) is 6.03. The Morgan fingerprint density at radius 1 is 1.04 bits per heavy atom. The number of nitrogens with zero attached hydrogens (tertiary/aromatic N) is 3. The molecule has 3 aromatic rings. The van der Waals surface area contributed by atoms with Crippen molar-refractivity contribution in [3.8, 4) is 11.1 Å². The number of aryl methyl sites for hydroxylation is 2. The molecule has 0 saturated carbocycles. The van der Waals surface area contributed by atoms with Crippen LogP contribution < -0.4 is 0 Å².